The number of anilines is 1. The fourth-order valence-corrected chi connectivity index (χ4v) is 5.65. The zero-order valence-corrected chi connectivity index (χ0v) is 22.9. The number of carbonyl (C=O) groups excluding carboxylic acids is 2. The first kappa shape index (κ1) is 29.2. The number of nitrogens with zero attached hydrogens (tertiary/aromatic N) is 3. The number of likely N-dealkylation sites (tertiary alicyclic amines) is 1. The molecule has 1 unspecified atom stereocenters. The van der Waals surface area contributed by atoms with Crippen LogP contribution in [0.3, 0.4) is 0 Å². The Balaban J connectivity index is 0.00000370. The van der Waals surface area contributed by atoms with E-state index < -0.39 is 23.7 Å². The number of pyridine rings is 1. The number of fused-ring (bicyclic) bond motifs is 1. The van der Waals surface area contributed by atoms with E-state index in [-0.39, 0.29) is 47.5 Å². The molecule has 9 nitrogen and oxygen atoms in total. The molecular weight excluding hydrogens is 528 g/mol. The second-order valence-electron chi connectivity index (χ2n) is 9.19. The molecule has 40 heavy (non-hydrogen) atoms. The molecule has 1 fully saturated rings. The number of aliphatic carboxylic acids is 1. The summed E-state index contributed by atoms with van der Waals surface area (Å²) in [7, 11) is 0. The Kier molecular flexibility index (Phi) is 9.20. The summed E-state index contributed by atoms with van der Waals surface area (Å²) in [6.45, 7) is 2.90. The Morgan fingerprint density at radius 3 is 2.60 bits per heavy atom. The Morgan fingerprint density at radius 2 is 1.93 bits per heavy atom. The molecule has 0 bridgehead atoms. The van der Waals surface area contributed by atoms with Gasteiger partial charge in [0.15, 0.2) is 10.9 Å². The van der Waals surface area contributed by atoms with Crippen molar-refractivity contribution in [1.82, 2.24) is 20.2 Å². The van der Waals surface area contributed by atoms with Crippen molar-refractivity contribution in [2.75, 3.05) is 25.0 Å². The van der Waals surface area contributed by atoms with E-state index in [1.807, 2.05) is 12.1 Å². The minimum Gasteiger partial charge on any atom is -0.481 e. The van der Waals surface area contributed by atoms with Gasteiger partial charge in [-0.25, -0.2) is 14.2 Å². The third-order valence-electron chi connectivity index (χ3n) is 6.60. The van der Waals surface area contributed by atoms with E-state index >= 15 is 4.39 Å². The summed E-state index contributed by atoms with van der Waals surface area (Å²) in [5.41, 5.74) is 2.62. The van der Waals surface area contributed by atoms with Crippen molar-refractivity contribution in [3.05, 3.63) is 66.1 Å². The second kappa shape index (κ2) is 12.6. The molecule has 1 aliphatic heterocycles. The summed E-state index contributed by atoms with van der Waals surface area (Å²) in [6.07, 6.45) is 2.83. The van der Waals surface area contributed by atoms with Crippen LogP contribution in [0.25, 0.3) is 32.6 Å². The molecule has 0 spiro atoms. The van der Waals surface area contributed by atoms with E-state index in [4.69, 9.17) is 0 Å². The number of amides is 3. The van der Waals surface area contributed by atoms with Crippen LogP contribution in [0.4, 0.5) is 14.3 Å². The summed E-state index contributed by atoms with van der Waals surface area (Å²) in [4.78, 5) is 46.8. The zero-order valence-electron chi connectivity index (χ0n) is 22.1. The van der Waals surface area contributed by atoms with Crippen molar-refractivity contribution >= 4 is 63.5 Å². The first-order valence-electron chi connectivity index (χ1n) is 12.6. The van der Waals surface area contributed by atoms with Gasteiger partial charge in [0.25, 0.3) is 5.91 Å². The van der Waals surface area contributed by atoms with E-state index in [2.05, 4.69) is 20.6 Å². The number of carboxylic acid groups (broad SMARTS) is 1. The van der Waals surface area contributed by atoms with Crippen LogP contribution in [0.15, 0.2) is 54.7 Å². The minimum atomic E-state index is -0.899. The molecule has 201 valence electrons. The molecule has 5 rings (SSSR count). The average molecular weight is 555 g/mol. The molecular formula is C28H26FLiN5O4S. The van der Waals surface area contributed by atoms with Gasteiger partial charge in [0, 0.05) is 61.4 Å². The van der Waals surface area contributed by atoms with Crippen LogP contribution in [0.1, 0.15) is 30.1 Å². The third kappa shape index (κ3) is 6.02. The molecule has 0 saturated carbocycles. The average Bonchev–Trinajstić information content (AvgIpc) is 3.37. The standard InChI is InChI=1S/C28H26FN5O4S.Li/c1-2-30-27(38)33-28-32-23-22(29)19(14-20(24(23)39-28)21-7-3-4-12-31-21)16-8-10-17(11-9-16)25(35)34-13-5-6-18(15-34)26(36)37;/h3-4,7-12,14,18H,2,5-6,13,15H2,1H3,(H,36,37)(H2,30,32,33,38);. The summed E-state index contributed by atoms with van der Waals surface area (Å²) >= 11 is 1.16. The SMILES string of the molecule is CCNC(=O)Nc1nc2c(F)c(-c3ccc(C(=O)N4CCCC(C(=O)O)C4)cc3)cc(-c3ccccn3)c2s1.[Li]. The van der Waals surface area contributed by atoms with Crippen LogP contribution in [-0.2, 0) is 4.79 Å². The van der Waals surface area contributed by atoms with Crippen molar-refractivity contribution in [1.29, 1.82) is 0 Å². The van der Waals surface area contributed by atoms with Crippen molar-refractivity contribution in [3.63, 3.8) is 0 Å². The molecule has 3 heterocycles. The molecule has 2 aromatic carbocycles. The quantitative estimate of drug-likeness (QED) is 0.293. The molecule has 4 aromatic rings. The molecule has 12 heteroatoms. The molecule has 1 radical (unpaired) electrons. The Bertz CT molecular complexity index is 1550. The van der Waals surface area contributed by atoms with Crippen LogP contribution in [-0.4, -0.2) is 76.4 Å². The largest absolute Gasteiger partial charge is 0.481 e. The van der Waals surface area contributed by atoms with E-state index in [1.165, 1.54) is 0 Å². The summed E-state index contributed by atoms with van der Waals surface area (Å²) in [6, 6.07) is 13.3. The number of piperidine rings is 1. The first-order chi connectivity index (χ1) is 18.9. The monoisotopic (exact) mass is 554 g/mol. The fourth-order valence-electron chi connectivity index (χ4n) is 4.67. The summed E-state index contributed by atoms with van der Waals surface area (Å²) < 4.78 is 16.4. The van der Waals surface area contributed by atoms with Gasteiger partial charge in [-0.05, 0) is 55.7 Å². The zero-order chi connectivity index (χ0) is 27.5. The number of thiazole rings is 1. The number of halogens is 1. The van der Waals surface area contributed by atoms with E-state index in [1.54, 1.807) is 54.4 Å². The predicted octanol–water partition coefficient (Wildman–Crippen LogP) is 4.86. The Hall–Kier alpha value is -3.78. The van der Waals surface area contributed by atoms with Crippen molar-refractivity contribution in [2.45, 2.75) is 19.8 Å². The number of rotatable bonds is 6. The van der Waals surface area contributed by atoms with Crippen LogP contribution in [0.5, 0.6) is 0 Å². The van der Waals surface area contributed by atoms with Crippen molar-refractivity contribution in [2.24, 2.45) is 5.92 Å². The van der Waals surface area contributed by atoms with Gasteiger partial charge in [-0.1, -0.05) is 29.5 Å². The smallest absolute Gasteiger partial charge is 0.321 e. The van der Waals surface area contributed by atoms with Gasteiger partial charge in [0.05, 0.1) is 16.3 Å². The first-order valence-corrected chi connectivity index (χ1v) is 13.4. The van der Waals surface area contributed by atoms with Gasteiger partial charge >= 0.3 is 12.0 Å². The molecule has 1 saturated heterocycles. The Labute approximate surface area is 246 Å². The maximum absolute atomic E-state index is 15.9. The molecule has 1 aliphatic rings. The second-order valence-corrected chi connectivity index (χ2v) is 10.2. The fraction of sp³-hybridized carbons (Fsp3) is 0.250. The predicted molar refractivity (Wildman–Crippen MR) is 153 cm³/mol. The van der Waals surface area contributed by atoms with Crippen LogP contribution in [0.2, 0.25) is 0 Å². The topological polar surface area (TPSA) is 125 Å². The Morgan fingerprint density at radius 1 is 1.15 bits per heavy atom. The molecule has 1 atom stereocenters. The van der Waals surface area contributed by atoms with Gasteiger partial charge in [0.2, 0.25) is 0 Å². The normalized spacial score (nSPS) is 14.8. The molecule has 3 amide bonds. The number of carbonyl (C=O) groups is 3. The third-order valence-corrected chi connectivity index (χ3v) is 7.61. The number of carboxylic acids is 1. The van der Waals surface area contributed by atoms with Crippen LogP contribution in [0, 0.1) is 11.7 Å². The number of hydrogen-bond donors (Lipinski definition) is 3. The maximum Gasteiger partial charge on any atom is 0.321 e. The summed E-state index contributed by atoms with van der Waals surface area (Å²) in [5, 5.41) is 14.9. The van der Waals surface area contributed by atoms with E-state index in [9.17, 15) is 19.5 Å². The van der Waals surface area contributed by atoms with Gasteiger partial charge in [0.1, 0.15) is 5.52 Å². The van der Waals surface area contributed by atoms with Gasteiger partial charge in [-0.2, -0.15) is 0 Å². The van der Waals surface area contributed by atoms with Crippen molar-refractivity contribution < 1.29 is 23.9 Å². The maximum atomic E-state index is 15.9. The van der Waals surface area contributed by atoms with Crippen LogP contribution < -0.4 is 10.6 Å². The number of nitrogens with one attached hydrogen (secondary N) is 2. The van der Waals surface area contributed by atoms with Crippen LogP contribution >= 0.6 is 11.3 Å². The number of aromatic nitrogens is 2. The number of benzene rings is 2. The minimum absolute atomic E-state index is 0. The van der Waals surface area contributed by atoms with E-state index in [0.717, 1.165) is 11.3 Å². The van der Waals surface area contributed by atoms with Gasteiger partial charge in [-0.15, -0.1) is 0 Å². The van der Waals surface area contributed by atoms with E-state index in [0.29, 0.717) is 53.0 Å². The molecule has 3 N–H and O–H groups in total. The van der Waals surface area contributed by atoms with Gasteiger partial charge in [-0.3, -0.25) is 19.9 Å². The summed E-state index contributed by atoms with van der Waals surface area (Å²) in [5.74, 6) is -2.27. The number of urea groups is 1. The van der Waals surface area contributed by atoms with Gasteiger partial charge < -0.3 is 15.3 Å². The molecule has 0 aliphatic carbocycles. The van der Waals surface area contributed by atoms with Crippen molar-refractivity contribution in [3.8, 4) is 22.4 Å². The molecule has 2 aromatic heterocycles. The number of hydrogen-bond acceptors (Lipinski definition) is 6.